The summed E-state index contributed by atoms with van der Waals surface area (Å²) in [6.45, 7) is 1.21. The zero-order chi connectivity index (χ0) is 12.7. The molecule has 1 aromatic carbocycles. The highest BCUT2D eigenvalue weighted by atomic mass is 16.6. The summed E-state index contributed by atoms with van der Waals surface area (Å²) in [5.74, 6) is 0. The second kappa shape index (κ2) is 6.66. The molecule has 0 saturated heterocycles. The first-order valence-corrected chi connectivity index (χ1v) is 5.26. The first-order chi connectivity index (χ1) is 8.19. The van der Waals surface area contributed by atoms with E-state index in [9.17, 15) is 10.1 Å². The Labute approximate surface area is 98.8 Å². The van der Waals surface area contributed by atoms with Gasteiger partial charge in [0.25, 0.3) is 5.69 Å². The lowest BCUT2D eigenvalue weighted by atomic mass is 10.2. The maximum Gasteiger partial charge on any atom is 0.294 e. The summed E-state index contributed by atoms with van der Waals surface area (Å²) < 4.78 is 0. The number of nitrogens with one attached hydrogen (secondary N) is 2. The third-order valence-electron chi connectivity index (χ3n) is 2.10. The number of hydrogen-bond donors (Lipinski definition) is 4. The third-order valence-corrected chi connectivity index (χ3v) is 2.10. The molecule has 0 aliphatic carbocycles. The molecule has 0 aliphatic heterocycles. The Morgan fingerprint density at radius 2 is 2.12 bits per heavy atom. The van der Waals surface area contributed by atoms with Crippen LogP contribution in [0.3, 0.4) is 0 Å². The molecular weight excluding hydrogens is 224 g/mol. The molecule has 0 bridgehead atoms. The molecule has 0 radical (unpaired) electrons. The number of nitrogens with two attached hydrogens (primary N) is 1. The number of aliphatic hydroxyl groups is 1. The van der Waals surface area contributed by atoms with Gasteiger partial charge >= 0.3 is 0 Å². The summed E-state index contributed by atoms with van der Waals surface area (Å²) in [5, 5.41) is 25.3. The molecule has 1 aromatic rings. The highest BCUT2D eigenvalue weighted by Gasteiger charge is 2.13. The number of nitrogens with zero attached hydrogens (tertiary/aromatic N) is 1. The summed E-state index contributed by atoms with van der Waals surface area (Å²) in [4.78, 5) is 10.4. The van der Waals surface area contributed by atoms with E-state index in [1.54, 1.807) is 12.1 Å². The van der Waals surface area contributed by atoms with Crippen LogP contribution in [-0.4, -0.2) is 36.3 Å². The molecule has 0 atom stereocenters. The first kappa shape index (κ1) is 13.2. The largest absolute Gasteiger partial charge is 0.395 e. The highest BCUT2D eigenvalue weighted by Crippen LogP contribution is 2.27. The second-order valence-corrected chi connectivity index (χ2v) is 3.35. The maximum atomic E-state index is 10.9. The SMILES string of the molecule is NCCNc1ccc(NCCO)c([N+](=O)[O-])c1. The lowest BCUT2D eigenvalue weighted by Crippen LogP contribution is -2.13. The number of nitro groups is 1. The highest BCUT2D eigenvalue weighted by molar-refractivity contribution is 5.67. The minimum Gasteiger partial charge on any atom is -0.395 e. The minimum atomic E-state index is -0.465. The van der Waals surface area contributed by atoms with Crippen LogP contribution in [0.1, 0.15) is 0 Å². The molecule has 17 heavy (non-hydrogen) atoms. The topological polar surface area (TPSA) is 113 Å². The predicted octanol–water partition coefficient (Wildman–Crippen LogP) is 0.370. The van der Waals surface area contributed by atoms with Crippen LogP contribution in [0, 0.1) is 10.1 Å². The van der Waals surface area contributed by atoms with Gasteiger partial charge in [0.1, 0.15) is 5.69 Å². The van der Waals surface area contributed by atoms with E-state index in [0.29, 0.717) is 24.5 Å². The second-order valence-electron chi connectivity index (χ2n) is 3.35. The predicted molar refractivity (Wildman–Crippen MR) is 66.2 cm³/mol. The van der Waals surface area contributed by atoms with Gasteiger partial charge in [-0.2, -0.15) is 0 Å². The fraction of sp³-hybridized carbons (Fsp3) is 0.400. The quantitative estimate of drug-likeness (QED) is 0.404. The first-order valence-electron chi connectivity index (χ1n) is 5.26. The molecule has 94 valence electrons. The van der Waals surface area contributed by atoms with Crippen molar-refractivity contribution in [2.24, 2.45) is 5.73 Å². The fourth-order valence-electron chi connectivity index (χ4n) is 1.35. The van der Waals surface area contributed by atoms with Crippen LogP contribution in [0.5, 0.6) is 0 Å². The fourth-order valence-corrected chi connectivity index (χ4v) is 1.35. The van der Waals surface area contributed by atoms with E-state index in [1.165, 1.54) is 6.07 Å². The van der Waals surface area contributed by atoms with Crippen LogP contribution < -0.4 is 16.4 Å². The van der Waals surface area contributed by atoms with Crippen molar-refractivity contribution >= 4 is 17.1 Å². The third kappa shape index (κ3) is 3.89. The Kier molecular flexibility index (Phi) is 5.18. The van der Waals surface area contributed by atoms with Crippen LogP contribution >= 0.6 is 0 Å². The van der Waals surface area contributed by atoms with Crippen molar-refractivity contribution in [2.75, 3.05) is 36.9 Å². The van der Waals surface area contributed by atoms with Crippen molar-refractivity contribution in [2.45, 2.75) is 0 Å². The standard InChI is InChI=1S/C10H16N4O3/c11-3-4-12-8-1-2-9(13-5-6-15)10(7-8)14(16)17/h1-2,7,12-13,15H,3-6,11H2. The Morgan fingerprint density at radius 3 is 2.71 bits per heavy atom. The van der Waals surface area contributed by atoms with Crippen molar-refractivity contribution in [3.05, 3.63) is 28.3 Å². The Morgan fingerprint density at radius 1 is 1.35 bits per heavy atom. The van der Waals surface area contributed by atoms with Gasteiger partial charge in [0.15, 0.2) is 0 Å². The van der Waals surface area contributed by atoms with Crippen LogP contribution in [-0.2, 0) is 0 Å². The summed E-state index contributed by atoms with van der Waals surface area (Å²) in [6, 6.07) is 4.77. The van der Waals surface area contributed by atoms with Crippen molar-refractivity contribution in [1.29, 1.82) is 0 Å². The molecule has 0 aromatic heterocycles. The number of hydrogen-bond acceptors (Lipinski definition) is 6. The molecule has 0 aliphatic rings. The molecule has 0 fully saturated rings. The lowest BCUT2D eigenvalue weighted by molar-refractivity contribution is -0.383. The van der Waals surface area contributed by atoms with Gasteiger partial charge in [-0.15, -0.1) is 0 Å². The zero-order valence-corrected chi connectivity index (χ0v) is 9.35. The molecular formula is C10H16N4O3. The zero-order valence-electron chi connectivity index (χ0n) is 9.35. The van der Waals surface area contributed by atoms with Gasteiger partial charge in [0.05, 0.1) is 11.5 Å². The smallest absolute Gasteiger partial charge is 0.294 e. The molecule has 0 amide bonds. The average Bonchev–Trinajstić information content (AvgIpc) is 2.34. The van der Waals surface area contributed by atoms with Gasteiger partial charge in [-0.1, -0.05) is 0 Å². The summed E-state index contributed by atoms with van der Waals surface area (Å²) in [7, 11) is 0. The van der Waals surface area contributed by atoms with Gasteiger partial charge in [0, 0.05) is 31.4 Å². The van der Waals surface area contributed by atoms with E-state index in [1.807, 2.05) is 0 Å². The molecule has 1 rings (SSSR count). The van der Waals surface area contributed by atoms with E-state index >= 15 is 0 Å². The van der Waals surface area contributed by atoms with Crippen molar-refractivity contribution in [3.8, 4) is 0 Å². The van der Waals surface area contributed by atoms with Gasteiger partial charge in [-0.25, -0.2) is 0 Å². The Hall–Kier alpha value is -1.86. The van der Waals surface area contributed by atoms with Crippen molar-refractivity contribution in [3.63, 3.8) is 0 Å². The van der Waals surface area contributed by atoms with E-state index in [4.69, 9.17) is 10.8 Å². The Balaban J connectivity index is 2.87. The Bertz CT molecular complexity index is 384. The number of benzene rings is 1. The van der Waals surface area contributed by atoms with Crippen molar-refractivity contribution < 1.29 is 10.0 Å². The average molecular weight is 240 g/mol. The van der Waals surface area contributed by atoms with E-state index < -0.39 is 4.92 Å². The lowest BCUT2D eigenvalue weighted by Gasteiger charge is -2.08. The summed E-state index contributed by atoms with van der Waals surface area (Å²) in [5.41, 5.74) is 6.35. The van der Waals surface area contributed by atoms with Crippen LogP contribution in [0.2, 0.25) is 0 Å². The van der Waals surface area contributed by atoms with E-state index in [2.05, 4.69) is 10.6 Å². The summed E-state index contributed by atoms with van der Waals surface area (Å²) in [6.07, 6.45) is 0. The van der Waals surface area contributed by atoms with E-state index in [0.717, 1.165) is 0 Å². The van der Waals surface area contributed by atoms with Crippen LogP contribution in [0.15, 0.2) is 18.2 Å². The summed E-state index contributed by atoms with van der Waals surface area (Å²) >= 11 is 0. The molecule has 7 heteroatoms. The molecule has 0 saturated carbocycles. The maximum absolute atomic E-state index is 10.9. The van der Waals surface area contributed by atoms with Gasteiger partial charge in [-0.3, -0.25) is 10.1 Å². The van der Waals surface area contributed by atoms with Gasteiger partial charge in [-0.05, 0) is 12.1 Å². The van der Waals surface area contributed by atoms with Gasteiger partial charge in [0.2, 0.25) is 0 Å². The molecule has 5 N–H and O–H groups in total. The molecule has 0 unspecified atom stereocenters. The monoisotopic (exact) mass is 240 g/mol. The number of nitro benzene ring substituents is 1. The van der Waals surface area contributed by atoms with E-state index in [-0.39, 0.29) is 18.8 Å². The number of rotatable bonds is 7. The van der Waals surface area contributed by atoms with Crippen LogP contribution in [0.4, 0.5) is 17.1 Å². The molecule has 0 spiro atoms. The van der Waals surface area contributed by atoms with Gasteiger partial charge < -0.3 is 21.5 Å². The number of anilines is 2. The number of aliphatic hydroxyl groups excluding tert-OH is 1. The molecule has 0 heterocycles. The van der Waals surface area contributed by atoms with Crippen molar-refractivity contribution in [1.82, 2.24) is 0 Å². The van der Waals surface area contributed by atoms with Crippen LogP contribution in [0.25, 0.3) is 0 Å². The minimum absolute atomic E-state index is 0.0273. The normalized spacial score (nSPS) is 10.0. The molecule has 7 nitrogen and oxygen atoms in total.